The van der Waals surface area contributed by atoms with Gasteiger partial charge in [-0.15, -0.1) is 0 Å². The first-order valence-corrected chi connectivity index (χ1v) is 6.13. The molecule has 1 aliphatic carbocycles. The Hall–Kier alpha value is -1.02. The Morgan fingerprint density at radius 1 is 1.31 bits per heavy atom. The van der Waals surface area contributed by atoms with E-state index in [9.17, 15) is 0 Å². The molecule has 16 heavy (non-hydrogen) atoms. The molecule has 1 aromatic carbocycles. The molecule has 2 heteroatoms. The molecule has 0 radical (unpaired) electrons. The van der Waals surface area contributed by atoms with E-state index < -0.39 is 0 Å². The third-order valence-electron chi connectivity index (χ3n) is 3.33. The second kappa shape index (κ2) is 4.88. The van der Waals surface area contributed by atoms with E-state index in [1.807, 2.05) is 0 Å². The van der Waals surface area contributed by atoms with E-state index in [-0.39, 0.29) is 0 Å². The largest absolute Gasteiger partial charge is 0.493 e. The number of aryl methyl sites for hydroxylation is 2. The summed E-state index contributed by atoms with van der Waals surface area (Å²) in [5.74, 6) is 1.80. The van der Waals surface area contributed by atoms with Gasteiger partial charge in [0, 0.05) is 6.04 Å². The van der Waals surface area contributed by atoms with E-state index in [1.165, 1.54) is 24.0 Å². The van der Waals surface area contributed by atoms with Crippen LogP contribution in [0.3, 0.4) is 0 Å². The Morgan fingerprint density at radius 3 is 2.50 bits per heavy atom. The van der Waals surface area contributed by atoms with Gasteiger partial charge in [-0.25, -0.2) is 0 Å². The van der Waals surface area contributed by atoms with Crippen molar-refractivity contribution < 1.29 is 4.74 Å². The van der Waals surface area contributed by atoms with Crippen molar-refractivity contribution in [3.63, 3.8) is 0 Å². The fraction of sp³-hybridized carbons (Fsp3) is 0.571. The lowest BCUT2D eigenvalue weighted by atomic mass is 10.1. The zero-order valence-electron chi connectivity index (χ0n) is 10.2. The van der Waals surface area contributed by atoms with Crippen LogP contribution >= 0.6 is 0 Å². The summed E-state index contributed by atoms with van der Waals surface area (Å²) >= 11 is 0. The molecule has 0 amide bonds. The molecule has 0 heterocycles. The van der Waals surface area contributed by atoms with Crippen molar-refractivity contribution in [2.75, 3.05) is 6.61 Å². The molecule has 0 bridgehead atoms. The minimum atomic E-state index is 0.337. The standard InChI is InChI=1S/C14H21NO/c1-10-4-3-5-11(2)14(10)16-9-8-13(15)12-6-7-12/h3-5,12-13H,6-9,15H2,1-2H3. The number of para-hydroxylation sites is 1. The molecule has 2 rings (SSSR count). The van der Waals surface area contributed by atoms with Crippen LogP contribution in [0.2, 0.25) is 0 Å². The molecule has 88 valence electrons. The van der Waals surface area contributed by atoms with Crippen molar-refractivity contribution in [1.29, 1.82) is 0 Å². The highest BCUT2D eigenvalue weighted by atomic mass is 16.5. The maximum Gasteiger partial charge on any atom is 0.125 e. The topological polar surface area (TPSA) is 35.2 Å². The van der Waals surface area contributed by atoms with Gasteiger partial charge in [0.15, 0.2) is 0 Å². The second-order valence-corrected chi connectivity index (χ2v) is 4.86. The van der Waals surface area contributed by atoms with Gasteiger partial charge in [-0.3, -0.25) is 0 Å². The molecule has 1 unspecified atom stereocenters. The minimum Gasteiger partial charge on any atom is -0.493 e. The molecule has 1 atom stereocenters. The molecular weight excluding hydrogens is 198 g/mol. The maximum absolute atomic E-state index is 6.04. The van der Waals surface area contributed by atoms with E-state index in [1.54, 1.807) is 0 Å². The lowest BCUT2D eigenvalue weighted by Crippen LogP contribution is -2.24. The van der Waals surface area contributed by atoms with Crippen molar-refractivity contribution in [2.24, 2.45) is 11.7 Å². The monoisotopic (exact) mass is 219 g/mol. The average molecular weight is 219 g/mol. The summed E-state index contributed by atoms with van der Waals surface area (Å²) in [4.78, 5) is 0. The highest BCUT2D eigenvalue weighted by molar-refractivity contribution is 5.39. The highest BCUT2D eigenvalue weighted by Gasteiger charge is 2.28. The van der Waals surface area contributed by atoms with Crippen LogP contribution in [0.25, 0.3) is 0 Å². The lowest BCUT2D eigenvalue weighted by Gasteiger charge is -2.14. The predicted octanol–water partition coefficient (Wildman–Crippen LogP) is 2.81. The molecule has 0 aromatic heterocycles. The molecule has 2 nitrogen and oxygen atoms in total. The van der Waals surface area contributed by atoms with Crippen LogP contribution in [-0.4, -0.2) is 12.6 Å². The second-order valence-electron chi connectivity index (χ2n) is 4.86. The van der Waals surface area contributed by atoms with Gasteiger partial charge in [0.25, 0.3) is 0 Å². The van der Waals surface area contributed by atoms with Crippen molar-refractivity contribution in [2.45, 2.75) is 39.2 Å². The molecule has 1 aliphatic rings. The van der Waals surface area contributed by atoms with Crippen LogP contribution in [0.5, 0.6) is 5.75 Å². The zero-order valence-corrected chi connectivity index (χ0v) is 10.2. The van der Waals surface area contributed by atoms with Gasteiger partial charge in [-0.2, -0.15) is 0 Å². The summed E-state index contributed by atoms with van der Waals surface area (Å²) in [5.41, 5.74) is 8.46. The van der Waals surface area contributed by atoms with Crippen molar-refractivity contribution in [3.8, 4) is 5.75 Å². The number of rotatable bonds is 5. The van der Waals surface area contributed by atoms with Crippen LogP contribution in [0.15, 0.2) is 18.2 Å². The number of nitrogens with two attached hydrogens (primary N) is 1. The maximum atomic E-state index is 6.04. The van der Waals surface area contributed by atoms with Crippen molar-refractivity contribution in [3.05, 3.63) is 29.3 Å². The Labute approximate surface area is 97.8 Å². The average Bonchev–Trinajstić information content (AvgIpc) is 3.05. The summed E-state index contributed by atoms with van der Waals surface area (Å²) < 4.78 is 5.84. The van der Waals surface area contributed by atoms with Crippen LogP contribution in [0.4, 0.5) is 0 Å². The van der Waals surface area contributed by atoms with Crippen LogP contribution in [0, 0.1) is 19.8 Å². The number of hydrogen-bond donors (Lipinski definition) is 1. The molecule has 0 aliphatic heterocycles. The first-order chi connectivity index (χ1) is 7.68. The van der Waals surface area contributed by atoms with Gasteiger partial charge >= 0.3 is 0 Å². The Morgan fingerprint density at radius 2 is 1.94 bits per heavy atom. The first kappa shape index (κ1) is 11.5. The molecule has 1 aromatic rings. The summed E-state index contributed by atoms with van der Waals surface area (Å²) in [7, 11) is 0. The lowest BCUT2D eigenvalue weighted by molar-refractivity contribution is 0.288. The van der Waals surface area contributed by atoms with Gasteiger partial charge in [0.2, 0.25) is 0 Å². The first-order valence-electron chi connectivity index (χ1n) is 6.13. The minimum absolute atomic E-state index is 0.337. The van der Waals surface area contributed by atoms with E-state index in [2.05, 4.69) is 32.0 Å². The van der Waals surface area contributed by atoms with Gasteiger partial charge < -0.3 is 10.5 Å². The van der Waals surface area contributed by atoms with Gasteiger partial charge in [0.1, 0.15) is 5.75 Å². The summed E-state index contributed by atoms with van der Waals surface area (Å²) in [6, 6.07) is 6.57. The Balaban J connectivity index is 1.84. The van der Waals surface area contributed by atoms with Crippen LogP contribution in [-0.2, 0) is 0 Å². The van der Waals surface area contributed by atoms with Crippen LogP contribution < -0.4 is 10.5 Å². The third-order valence-corrected chi connectivity index (χ3v) is 3.33. The molecule has 2 N–H and O–H groups in total. The third kappa shape index (κ3) is 2.76. The van der Waals surface area contributed by atoms with Gasteiger partial charge in [0.05, 0.1) is 6.61 Å². The van der Waals surface area contributed by atoms with E-state index in [4.69, 9.17) is 10.5 Å². The predicted molar refractivity (Wildman–Crippen MR) is 66.7 cm³/mol. The molecule has 1 saturated carbocycles. The van der Waals surface area contributed by atoms with E-state index >= 15 is 0 Å². The number of ether oxygens (including phenoxy) is 1. The van der Waals surface area contributed by atoms with Gasteiger partial charge in [-0.05, 0) is 50.2 Å². The van der Waals surface area contributed by atoms with Crippen molar-refractivity contribution >= 4 is 0 Å². The summed E-state index contributed by atoms with van der Waals surface area (Å²) in [5, 5.41) is 0. The summed E-state index contributed by atoms with van der Waals surface area (Å²) in [6.45, 7) is 4.91. The fourth-order valence-electron chi connectivity index (χ4n) is 2.08. The molecule has 0 spiro atoms. The highest BCUT2D eigenvalue weighted by Crippen LogP contribution is 2.33. The normalized spacial score (nSPS) is 17.2. The number of hydrogen-bond acceptors (Lipinski definition) is 2. The smallest absolute Gasteiger partial charge is 0.125 e. The quantitative estimate of drug-likeness (QED) is 0.826. The fourth-order valence-corrected chi connectivity index (χ4v) is 2.08. The SMILES string of the molecule is Cc1cccc(C)c1OCCC(N)C1CC1. The molecule has 0 saturated heterocycles. The molecular formula is C14H21NO. The van der Waals surface area contributed by atoms with Crippen molar-refractivity contribution in [1.82, 2.24) is 0 Å². The van der Waals surface area contributed by atoms with Gasteiger partial charge in [-0.1, -0.05) is 18.2 Å². The van der Waals surface area contributed by atoms with Crippen LogP contribution in [0.1, 0.15) is 30.4 Å². The zero-order chi connectivity index (χ0) is 11.5. The Kier molecular flexibility index (Phi) is 3.49. The Bertz CT molecular complexity index is 338. The van der Waals surface area contributed by atoms with E-state index in [0.717, 1.165) is 24.7 Å². The van der Waals surface area contributed by atoms with E-state index in [0.29, 0.717) is 6.04 Å². The summed E-state index contributed by atoms with van der Waals surface area (Å²) in [6.07, 6.45) is 3.59. The number of benzene rings is 1. The molecule has 1 fully saturated rings.